The van der Waals surface area contributed by atoms with Gasteiger partial charge >= 0.3 is 5.76 Å². The first kappa shape index (κ1) is 18.3. The van der Waals surface area contributed by atoms with Gasteiger partial charge in [0.1, 0.15) is 6.04 Å². The minimum absolute atomic E-state index is 0.0851. The van der Waals surface area contributed by atoms with Crippen LogP contribution in [0.3, 0.4) is 0 Å². The fourth-order valence-electron chi connectivity index (χ4n) is 2.84. The Labute approximate surface area is 150 Å². The van der Waals surface area contributed by atoms with Crippen molar-refractivity contribution in [2.45, 2.75) is 30.0 Å². The molecule has 1 N–H and O–H groups in total. The average molecular weight is 380 g/mol. The van der Waals surface area contributed by atoms with E-state index in [-0.39, 0.29) is 5.91 Å². The number of hydrogen-bond donors (Lipinski definition) is 1. The quantitative estimate of drug-likeness (QED) is 0.865. The average Bonchev–Trinajstić information content (AvgIpc) is 2.97. The smallest absolute Gasteiger partial charge is 0.341 e. The predicted octanol–water partition coefficient (Wildman–Crippen LogP) is 3.21. The van der Waals surface area contributed by atoms with Gasteiger partial charge in [-0.3, -0.25) is 4.79 Å². The molecule has 0 saturated carbocycles. The highest BCUT2D eigenvalue weighted by atomic mass is 32.2. The van der Waals surface area contributed by atoms with Gasteiger partial charge in [-0.2, -0.15) is 8.78 Å². The van der Waals surface area contributed by atoms with Crippen LogP contribution in [-0.2, 0) is 14.6 Å². The van der Waals surface area contributed by atoms with Gasteiger partial charge in [0.05, 0.1) is 4.90 Å². The lowest BCUT2D eigenvalue weighted by Crippen LogP contribution is -2.33. The number of hydrogen-bond acceptors (Lipinski definition) is 4. The third-order valence-electron chi connectivity index (χ3n) is 4.31. The number of nitrogens with one attached hydrogen (secondary N) is 1. The third-order valence-corrected chi connectivity index (χ3v) is 5.71. The molecule has 26 heavy (non-hydrogen) atoms. The van der Waals surface area contributed by atoms with E-state index in [1.54, 1.807) is 4.90 Å². The van der Waals surface area contributed by atoms with Gasteiger partial charge in [0.15, 0.2) is 0 Å². The Morgan fingerprint density at radius 3 is 2.27 bits per heavy atom. The van der Waals surface area contributed by atoms with Gasteiger partial charge in [0, 0.05) is 17.9 Å². The van der Waals surface area contributed by atoms with Crippen LogP contribution in [0.1, 0.15) is 12.0 Å². The van der Waals surface area contributed by atoms with Crippen LogP contribution in [0.15, 0.2) is 53.4 Å². The maximum absolute atomic E-state index is 12.6. The molecule has 2 aromatic carbocycles. The highest BCUT2D eigenvalue weighted by Gasteiger charge is 2.32. The molecule has 0 radical (unpaired) electrons. The number of amides is 1. The maximum atomic E-state index is 12.6. The summed E-state index contributed by atoms with van der Waals surface area (Å²) in [5.74, 6) is -3.54. The first-order chi connectivity index (χ1) is 12.3. The summed E-state index contributed by atoms with van der Waals surface area (Å²) in [4.78, 5) is 13.8. The summed E-state index contributed by atoms with van der Waals surface area (Å²) in [7, 11) is -4.62. The molecule has 0 aliphatic carbocycles. The van der Waals surface area contributed by atoms with Gasteiger partial charge < -0.3 is 10.2 Å². The van der Waals surface area contributed by atoms with Crippen LogP contribution < -0.4 is 10.2 Å². The standard InChI is InChI=1S/C18H18F2N2O3S/c1-12-2-6-14(7-3-12)22-11-10-16(17(22)23)21-13-4-8-15(9-5-13)26(24,25)18(19)20/h2-9,16,18,21H,10-11H2,1H3. The summed E-state index contributed by atoms with van der Waals surface area (Å²) in [6, 6.07) is 12.2. The van der Waals surface area contributed by atoms with Crippen molar-refractivity contribution in [2.75, 3.05) is 16.8 Å². The number of alkyl halides is 2. The first-order valence-corrected chi connectivity index (χ1v) is 9.60. The van der Waals surface area contributed by atoms with Crippen LogP contribution >= 0.6 is 0 Å². The molecule has 0 spiro atoms. The molecule has 1 unspecified atom stereocenters. The highest BCUT2D eigenvalue weighted by Crippen LogP contribution is 2.25. The molecular weight excluding hydrogens is 362 g/mol. The summed E-state index contributed by atoms with van der Waals surface area (Å²) in [5.41, 5.74) is 2.43. The van der Waals surface area contributed by atoms with Crippen LogP contribution in [0.5, 0.6) is 0 Å². The van der Waals surface area contributed by atoms with Crippen molar-refractivity contribution < 1.29 is 22.0 Å². The number of aryl methyl sites for hydroxylation is 1. The van der Waals surface area contributed by atoms with E-state index in [9.17, 15) is 22.0 Å². The third kappa shape index (κ3) is 3.55. The fraction of sp³-hybridized carbons (Fsp3) is 0.278. The SMILES string of the molecule is Cc1ccc(N2CCC(Nc3ccc(S(=O)(=O)C(F)F)cc3)C2=O)cc1. The summed E-state index contributed by atoms with van der Waals surface area (Å²) in [5, 5.41) is 3.04. The summed E-state index contributed by atoms with van der Waals surface area (Å²) >= 11 is 0. The molecule has 1 aliphatic rings. The van der Waals surface area contributed by atoms with E-state index in [1.165, 1.54) is 12.1 Å². The second kappa shape index (κ2) is 7.03. The number of benzene rings is 2. The van der Waals surface area contributed by atoms with Crippen molar-refractivity contribution in [1.82, 2.24) is 0 Å². The van der Waals surface area contributed by atoms with Crippen LogP contribution in [0, 0.1) is 6.92 Å². The summed E-state index contributed by atoms with van der Waals surface area (Å²) in [6.45, 7) is 2.54. The zero-order valence-electron chi connectivity index (χ0n) is 14.0. The maximum Gasteiger partial charge on any atom is 0.341 e. The number of halogens is 2. The topological polar surface area (TPSA) is 66.5 Å². The molecule has 1 aliphatic heterocycles. The molecule has 5 nitrogen and oxygen atoms in total. The molecule has 1 atom stereocenters. The van der Waals surface area contributed by atoms with Gasteiger partial charge in [-0.05, 0) is 49.7 Å². The van der Waals surface area contributed by atoms with Crippen LogP contribution in [0.4, 0.5) is 20.2 Å². The molecular formula is C18H18F2N2O3S. The van der Waals surface area contributed by atoms with Crippen LogP contribution in [0.2, 0.25) is 0 Å². The van der Waals surface area contributed by atoms with Crippen molar-refractivity contribution in [1.29, 1.82) is 0 Å². The Morgan fingerprint density at radius 1 is 1.08 bits per heavy atom. The highest BCUT2D eigenvalue weighted by molar-refractivity contribution is 7.91. The lowest BCUT2D eigenvalue weighted by molar-refractivity contribution is -0.117. The van der Waals surface area contributed by atoms with Crippen molar-refractivity contribution in [3.05, 3.63) is 54.1 Å². The molecule has 1 heterocycles. The molecule has 3 rings (SSSR count). The predicted molar refractivity (Wildman–Crippen MR) is 95.2 cm³/mol. The Hall–Kier alpha value is -2.48. The number of carbonyl (C=O) groups is 1. The van der Waals surface area contributed by atoms with E-state index in [2.05, 4.69) is 5.32 Å². The summed E-state index contributed by atoms with van der Waals surface area (Å²) in [6.07, 6.45) is 0.587. The number of sulfone groups is 1. The number of nitrogens with zero attached hydrogens (tertiary/aromatic N) is 1. The zero-order chi connectivity index (χ0) is 18.9. The molecule has 1 saturated heterocycles. The van der Waals surface area contributed by atoms with Gasteiger partial charge in [0.25, 0.3) is 0 Å². The zero-order valence-corrected chi connectivity index (χ0v) is 14.8. The van der Waals surface area contributed by atoms with Crippen molar-refractivity contribution >= 4 is 27.1 Å². The molecule has 8 heteroatoms. The molecule has 1 fully saturated rings. The molecule has 0 bridgehead atoms. The van der Waals surface area contributed by atoms with Gasteiger partial charge in [0.2, 0.25) is 15.7 Å². The van der Waals surface area contributed by atoms with Crippen molar-refractivity contribution in [2.24, 2.45) is 0 Å². The fourth-order valence-corrected chi connectivity index (χ4v) is 3.56. The Balaban J connectivity index is 1.70. The van der Waals surface area contributed by atoms with E-state index < -0.39 is 26.5 Å². The second-order valence-electron chi connectivity index (χ2n) is 6.14. The Bertz CT molecular complexity index is 897. The van der Waals surface area contributed by atoms with E-state index in [0.29, 0.717) is 18.7 Å². The first-order valence-electron chi connectivity index (χ1n) is 8.06. The lowest BCUT2D eigenvalue weighted by atomic mass is 10.2. The number of carbonyl (C=O) groups excluding carboxylic acids is 1. The van der Waals surface area contributed by atoms with Crippen LogP contribution in [0.25, 0.3) is 0 Å². The molecule has 138 valence electrons. The van der Waals surface area contributed by atoms with E-state index in [4.69, 9.17) is 0 Å². The van der Waals surface area contributed by atoms with E-state index in [1.807, 2.05) is 31.2 Å². The van der Waals surface area contributed by atoms with Crippen molar-refractivity contribution in [3.63, 3.8) is 0 Å². The Kier molecular flexibility index (Phi) is 4.95. The largest absolute Gasteiger partial charge is 0.374 e. The number of rotatable bonds is 5. The van der Waals surface area contributed by atoms with Crippen molar-refractivity contribution in [3.8, 4) is 0 Å². The lowest BCUT2D eigenvalue weighted by Gasteiger charge is -2.18. The monoisotopic (exact) mass is 380 g/mol. The minimum atomic E-state index is -4.62. The Morgan fingerprint density at radius 2 is 1.69 bits per heavy atom. The normalized spacial score (nSPS) is 17.8. The molecule has 0 aromatic heterocycles. The van der Waals surface area contributed by atoms with Gasteiger partial charge in [-0.1, -0.05) is 17.7 Å². The van der Waals surface area contributed by atoms with Crippen LogP contribution in [-0.4, -0.2) is 32.7 Å². The van der Waals surface area contributed by atoms with Gasteiger partial charge in [-0.15, -0.1) is 0 Å². The second-order valence-corrected chi connectivity index (χ2v) is 8.06. The molecule has 2 aromatic rings. The van der Waals surface area contributed by atoms with E-state index in [0.717, 1.165) is 23.4 Å². The summed E-state index contributed by atoms with van der Waals surface area (Å²) < 4.78 is 48.0. The number of anilines is 2. The van der Waals surface area contributed by atoms with Gasteiger partial charge in [-0.25, -0.2) is 8.42 Å². The molecule has 1 amide bonds. The minimum Gasteiger partial charge on any atom is -0.374 e. The van der Waals surface area contributed by atoms with E-state index >= 15 is 0 Å².